The highest BCUT2D eigenvalue weighted by Gasteiger charge is 2.11. The number of hydrogen-bond acceptors (Lipinski definition) is 3. The van der Waals surface area contributed by atoms with Crippen molar-refractivity contribution in [2.24, 2.45) is 5.73 Å². The molecule has 0 bridgehead atoms. The van der Waals surface area contributed by atoms with Crippen molar-refractivity contribution < 1.29 is 9.18 Å². The summed E-state index contributed by atoms with van der Waals surface area (Å²) in [6.07, 6.45) is 0. The smallest absolute Gasteiger partial charge is 0.248 e. The first-order valence-corrected chi connectivity index (χ1v) is 6.13. The van der Waals surface area contributed by atoms with E-state index in [1.54, 1.807) is 18.0 Å². The maximum Gasteiger partial charge on any atom is 0.248 e. The molecule has 0 spiro atoms. The molecule has 0 unspecified atom stereocenters. The molecule has 2 aromatic rings. The second-order valence-corrected chi connectivity index (χ2v) is 4.59. The molecular weight excluding hydrogens is 257 g/mol. The number of para-hydroxylation sites is 1. The number of anilines is 2. The number of rotatable bonds is 4. The van der Waals surface area contributed by atoms with E-state index in [4.69, 9.17) is 11.5 Å². The Hall–Kier alpha value is -2.56. The first kappa shape index (κ1) is 13.9. The van der Waals surface area contributed by atoms with Gasteiger partial charge < -0.3 is 16.4 Å². The molecule has 1 amide bonds. The summed E-state index contributed by atoms with van der Waals surface area (Å²) in [6, 6.07) is 11.6. The summed E-state index contributed by atoms with van der Waals surface area (Å²) in [6.45, 7) is 0.472. The van der Waals surface area contributed by atoms with Crippen LogP contribution in [0.5, 0.6) is 0 Å². The van der Waals surface area contributed by atoms with Crippen molar-refractivity contribution in [3.05, 3.63) is 59.4 Å². The zero-order valence-electron chi connectivity index (χ0n) is 11.1. The zero-order valence-corrected chi connectivity index (χ0v) is 11.1. The molecular formula is C15H16FN3O. The van der Waals surface area contributed by atoms with Gasteiger partial charge in [-0.3, -0.25) is 4.79 Å². The van der Waals surface area contributed by atoms with Gasteiger partial charge in [-0.15, -0.1) is 0 Å². The minimum atomic E-state index is -0.648. The van der Waals surface area contributed by atoms with Gasteiger partial charge >= 0.3 is 0 Å². The van der Waals surface area contributed by atoms with Crippen molar-refractivity contribution in [2.75, 3.05) is 17.7 Å². The first-order chi connectivity index (χ1) is 9.49. The van der Waals surface area contributed by atoms with Crippen LogP contribution in [0.3, 0.4) is 0 Å². The van der Waals surface area contributed by atoms with E-state index in [9.17, 15) is 9.18 Å². The van der Waals surface area contributed by atoms with Crippen molar-refractivity contribution in [1.82, 2.24) is 0 Å². The third-order valence-electron chi connectivity index (χ3n) is 3.11. The molecule has 0 aromatic heterocycles. The zero-order chi connectivity index (χ0) is 14.7. The Morgan fingerprint density at radius 2 is 1.95 bits per heavy atom. The van der Waals surface area contributed by atoms with Crippen LogP contribution in [0.4, 0.5) is 15.8 Å². The molecule has 0 saturated heterocycles. The van der Waals surface area contributed by atoms with Crippen LogP contribution < -0.4 is 16.4 Å². The van der Waals surface area contributed by atoms with E-state index in [-0.39, 0.29) is 5.56 Å². The van der Waals surface area contributed by atoms with Crippen molar-refractivity contribution in [1.29, 1.82) is 0 Å². The normalized spacial score (nSPS) is 10.3. The SMILES string of the molecule is CN(Cc1ccccc1N)c1ccc(C(N)=O)cc1F. The van der Waals surface area contributed by atoms with Gasteiger partial charge in [-0.1, -0.05) is 18.2 Å². The average Bonchev–Trinajstić information content (AvgIpc) is 2.41. The predicted molar refractivity (Wildman–Crippen MR) is 77.9 cm³/mol. The Bertz CT molecular complexity index is 643. The molecule has 0 radical (unpaired) electrons. The number of carbonyl (C=O) groups excluding carboxylic acids is 1. The van der Waals surface area contributed by atoms with Gasteiger partial charge in [-0.2, -0.15) is 0 Å². The number of hydrogen-bond donors (Lipinski definition) is 2. The van der Waals surface area contributed by atoms with Crippen LogP contribution in [0.15, 0.2) is 42.5 Å². The van der Waals surface area contributed by atoms with Gasteiger partial charge in [-0.25, -0.2) is 4.39 Å². The lowest BCUT2D eigenvalue weighted by Gasteiger charge is -2.21. The predicted octanol–water partition coefficient (Wildman–Crippen LogP) is 2.14. The molecule has 5 heteroatoms. The minimum absolute atomic E-state index is 0.152. The summed E-state index contributed by atoms with van der Waals surface area (Å²) in [5.74, 6) is -1.14. The van der Waals surface area contributed by atoms with Gasteiger partial charge in [0.1, 0.15) is 5.82 Å². The monoisotopic (exact) mass is 273 g/mol. The second kappa shape index (κ2) is 5.61. The average molecular weight is 273 g/mol. The first-order valence-electron chi connectivity index (χ1n) is 6.13. The van der Waals surface area contributed by atoms with Gasteiger partial charge in [0.15, 0.2) is 0 Å². The summed E-state index contributed by atoms with van der Waals surface area (Å²) in [5.41, 5.74) is 13.1. The Balaban J connectivity index is 2.23. The lowest BCUT2D eigenvalue weighted by Crippen LogP contribution is -2.19. The maximum absolute atomic E-state index is 14.0. The molecule has 2 rings (SSSR count). The van der Waals surface area contributed by atoms with Crippen LogP contribution in [0.1, 0.15) is 15.9 Å². The number of primary amides is 1. The number of nitrogens with two attached hydrogens (primary N) is 2. The van der Waals surface area contributed by atoms with E-state index in [1.165, 1.54) is 12.1 Å². The van der Waals surface area contributed by atoms with Crippen molar-refractivity contribution in [2.45, 2.75) is 6.54 Å². The van der Waals surface area contributed by atoms with Gasteiger partial charge in [0.05, 0.1) is 5.69 Å². The number of benzene rings is 2. The number of halogens is 1. The van der Waals surface area contributed by atoms with E-state index < -0.39 is 11.7 Å². The molecule has 4 nitrogen and oxygen atoms in total. The van der Waals surface area contributed by atoms with E-state index in [0.29, 0.717) is 17.9 Å². The van der Waals surface area contributed by atoms with Gasteiger partial charge in [0.25, 0.3) is 0 Å². The van der Waals surface area contributed by atoms with Crippen LogP contribution in [-0.2, 0) is 6.54 Å². The Morgan fingerprint density at radius 3 is 2.55 bits per heavy atom. The lowest BCUT2D eigenvalue weighted by atomic mass is 10.1. The molecule has 20 heavy (non-hydrogen) atoms. The Labute approximate surface area is 116 Å². The Kier molecular flexibility index (Phi) is 3.89. The highest BCUT2D eigenvalue weighted by molar-refractivity contribution is 5.93. The Morgan fingerprint density at radius 1 is 1.25 bits per heavy atom. The fourth-order valence-corrected chi connectivity index (χ4v) is 1.99. The third-order valence-corrected chi connectivity index (χ3v) is 3.11. The van der Waals surface area contributed by atoms with Gasteiger partial charge in [0.2, 0.25) is 5.91 Å². The molecule has 0 aliphatic heterocycles. The lowest BCUT2D eigenvalue weighted by molar-refractivity contribution is 0.1000. The molecule has 4 N–H and O–H groups in total. The van der Waals surface area contributed by atoms with Crippen molar-refractivity contribution in [3.8, 4) is 0 Å². The molecule has 0 saturated carbocycles. The number of carbonyl (C=O) groups is 1. The number of amides is 1. The highest BCUT2D eigenvalue weighted by Crippen LogP contribution is 2.22. The minimum Gasteiger partial charge on any atom is -0.398 e. The maximum atomic E-state index is 14.0. The third kappa shape index (κ3) is 2.88. The van der Waals surface area contributed by atoms with Gasteiger partial charge in [-0.05, 0) is 29.8 Å². The summed E-state index contributed by atoms with van der Waals surface area (Å²) in [7, 11) is 1.76. The quantitative estimate of drug-likeness (QED) is 0.838. The molecule has 0 aliphatic rings. The summed E-state index contributed by atoms with van der Waals surface area (Å²) >= 11 is 0. The standard InChI is InChI=1S/C15H16FN3O/c1-19(9-11-4-2-3-5-13(11)17)14-7-6-10(15(18)20)8-12(14)16/h2-8H,9,17H2,1H3,(H2,18,20). The molecule has 0 fully saturated rings. The topological polar surface area (TPSA) is 72.3 Å². The van der Waals surface area contributed by atoms with Crippen LogP contribution in [-0.4, -0.2) is 13.0 Å². The summed E-state index contributed by atoms with van der Waals surface area (Å²) < 4.78 is 14.0. The van der Waals surface area contributed by atoms with Crippen LogP contribution in [0.25, 0.3) is 0 Å². The second-order valence-electron chi connectivity index (χ2n) is 4.59. The van der Waals surface area contributed by atoms with Crippen LogP contribution in [0.2, 0.25) is 0 Å². The molecule has 0 aliphatic carbocycles. The summed E-state index contributed by atoms with van der Waals surface area (Å²) in [4.78, 5) is 12.7. The van der Waals surface area contributed by atoms with E-state index >= 15 is 0 Å². The fourth-order valence-electron chi connectivity index (χ4n) is 1.99. The molecule has 0 heterocycles. The number of nitrogen functional groups attached to an aromatic ring is 1. The van der Waals surface area contributed by atoms with E-state index in [2.05, 4.69) is 0 Å². The molecule has 2 aromatic carbocycles. The van der Waals surface area contributed by atoms with Crippen molar-refractivity contribution >= 4 is 17.3 Å². The largest absolute Gasteiger partial charge is 0.398 e. The molecule has 0 atom stereocenters. The summed E-state index contributed by atoms with van der Waals surface area (Å²) in [5, 5.41) is 0. The van der Waals surface area contributed by atoms with Crippen LogP contribution >= 0.6 is 0 Å². The van der Waals surface area contributed by atoms with E-state index in [0.717, 1.165) is 11.6 Å². The van der Waals surface area contributed by atoms with Gasteiger partial charge in [0, 0.05) is 24.8 Å². The highest BCUT2D eigenvalue weighted by atomic mass is 19.1. The number of nitrogens with zero attached hydrogens (tertiary/aromatic N) is 1. The fraction of sp³-hybridized carbons (Fsp3) is 0.133. The molecule has 104 valence electrons. The van der Waals surface area contributed by atoms with Crippen molar-refractivity contribution in [3.63, 3.8) is 0 Å². The van der Waals surface area contributed by atoms with E-state index in [1.807, 2.05) is 18.2 Å². The van der Waals surface area contributed by atoms with Crippen LogP contribution in [0, 0.1) is 5.82 Å².